The minimum atomic E-state index is -0.204. The highest BCUT2D eigenvalue weighted by atomic mass is 16.4. The molecule has 0 atom stereocenters. The second kappa shape index (κ2) is 5.61. The molecule has 0 saturated carbocycles. The summed E-state index contributed by atoms with van der Waals surface area (Å²) >= 11 is 0. The van der Waals surface area contributed by atoms with Crippen molar-refractivity contribution >= 4 is 23.0 Å². The van der Waals surface area contributed by atoms with E-state index < -0.39 is 0 Å². The number of aromatic hydroxyl groups is 1. The van der Waals surface area contributed by atoms with Crippen LogP contribution in [0.2, 0.25) is 0 Å². The molecule has 0 fully saturated rings. The van der Waals surface area contributed by atoms with Crippen molar-refractivity contribution in [3.8, 4) is 17.1 Å². The van der Waals surface area contributed by atoms with Crippen LogP contribution in [0, 0.1) is 0 Å². The Balaban J connectivity index is 2.06. The summed E-state index contributed by atoms with van der Waals surface area (Å²) in [5.74, 6) is 0.588. The number of hydrogen-bond donors (Lipinski definition) is 1. The minimum Gasteiger partial charge on any atom is -0.507 e. The first kappa shape index (κ1) is 14.8. The number of hydrogen-bond acceptors (Lipinski definition) is 4. The number of carbonyl (C=O) groups is 2. The lowest BCUT2D eigenvalue weighted by molar-refractivity contribution is 0.0797. The average Bonchev–Trinajstić information content (AvgIpc) is 3.03. The van der Waals surface area contributed by atoms with E-state index >= 15 is 0 Å². The van der Waals surface area contributed by atoms with Crippen LogP contribution in [-0.2, 0) is 0 Å². The quantitative estimate of drug-likeness (QED) is 0.753. The van der Waals surface area contributed by atoms with Crippen molar-refractivity contribution in [2.45, 2.75) is 0 Å². The largest absolute Gasteiger partial charge is 0.507 e. The Morgan fingerprint density at radius 3 is 2.61 bits per heavy atom. The molecule has 0 saturated heterocycles. The molecule has 5 heteroatoms. The molecule has 116 valence electrons. The maximum Gasteiger partial charge on any atom is 0.289 e. The molecule has 1 heterocycles. The van der Waals surface area contributed by atoms with E-state index in [1.54, 1.807) is 44.4 Å². The monoisotopic (exact) mass is 309 g/mol. The van der Waals surface area contributed by atoms with Crippen LogP contribution in [0.3, 0.4) is 0 Å². The fourth-order valence-corrected chi connectivity index (χ4v) is 2.45. The maximum absolute atomic E-state index is 11.9. The van der Waals surface area contributed by atoms with Crippen LogP contribution in [0.25, 0.3) is 22.1 Å². The molecule has 0 unspecified atom stereocenters. The molecule has 3 aromatic rings. The Hall–Kier alpha value is -3.08. The van der Waals surface area contributed by atoms with E-state index in [2.05, 4.69) is 0 Å². The van der Waals surface area contributed by atoms with Crippen LogP contribution < -0.4 is 0 Å². The average molecular weight is 309 g/mol. The van der Waals surface area contributed by atoms with Crippen LogP contribution in [0.1, 0.15) is 20.9 Å². The minimum absolute atomic E-state index is 0.0443. The van der Waals surface area contributed by atoms with Crippen LogP contribution >= 0.6 is 0 Å². The highest BCUT2D eigenvalue weighted by Gasteiger charge is 2.14. The fourth-order valence-electron chi connectivity index (χ4n) is 2.45. The lowest BCUT2D eigenvalue weighted by atomic mass is 10.0. The number of benzene rings is 2. The molecule has 2 aromatic carbocycles. The van der Waals surface area contributed by atoms with Gasteiger partial charge < -0.3 is 14.4 Å². The van der Waals surface area contributed by atoms with Gasteiger partial charge in [0.1, 0.15) is 11.5 Å². The molecular formula is C18H15NO4. The van der Waals surface area contributed by atoms with Crippen LogP contribution in [0.15, 0.2) is 46.9 Å². The highest BCUT2D eigenvalue weighted by molar-refractivity contribution is 6.02. The third-order valence-corrected chi connectivity index (χ3v) is 3.66. The van der Waals surface area contributed by atoms with Crippen LogP contribution in [-0.4, -0.2) is 36.3 Å². The molecular weight excluding hydrogens is 294 g/mol. The highest BCUT2D eigenvalue weighted by Crippen LogP contribution is 2.30. The molecule has 1 aromatic heterocycles. The third-order valence-electron chi connectivity index (χ3n) is 3.66. The van der Waals surface area contributed by atoms with Gasteiger partial charge in [0.25, 0.3) is 5.91 Å². The number of nitrogens with zero attached hydrogens (tertiary/aromatic N) is 1. The summed E-state index contributed by atoms with van der Waals surface area (Å²) in [6.07, 6.45) is 0.637. The predicted molar refractivity (Wildman–Crippen MR) is 86.7 cm³/mol. The first-order valence-corrected chi connectivity index (χ1v) is 7.04. The van der Waals surface area contributed by atoms with E-state index in [1.807, 2.05) is 6.07 Å². The van der Waals surface area contributed by atoms with Gasteiger partial charge in [0, 0.05) is 19.7 Å². The molecule has 1 N–H and O–H groups in total. The number of rotatable bonds is 3. The number of phenols is 1. The van der Waals surface area contributed by atoms with Crippen LogP contribution in [0.4, 0.5) is 0 Å². The smallest absolute Gasteiger partial charge is 0.289 e. The first-order valence-electron chi connectivity index (χ1n) is 7.04. The maximum atomic E-state index is 11.9. The van der Waals surface area contributed by atoms with Crippen molar-refractivity contribution in [1.29, 1.82) is 0 Å². The van der Waals surface area contributed by atoms with Crippen molar-refractivity contribution in [1.82, 2.24) is 4.90 Å². The van der Waals surface area contributed by atoms with E-state index in [-0.39, 0.29) is 23.0 Å². The van der Waals surface area contributed by atoms with Gasteiger partial charge in [-0.25, -0.2) is 0 Å². The lowest BCUT2D eigenvalue weighted by Gasteiger charge is -2.07. The number of fused-ring (bicyclic) bond motifs is 1. The molecule has 23 heavy (non-hydrogen) atoms. The van der Waals surface area contributed by atoms with E-state index in [9.17, 15) is 14.7 Å². The number of amides is 1. The Morgan fingerprint density at radius 2 is 1.91 bits per heavy atom. The van der Waals surface area contributed by atoms with Crippen molar-refractivity contribution in [2.24, 2.45) is 0 Å². The summed E-state index contributed by atoms with van der Waals surface area (Å²) in [6, 6.07) is 12.0. The van der Waals surface area contributed by atoms with Crippen molar-refractivity contribution in [2.75, 3.05) is 14.1 Å². The number of aldehydes is 1. The summed E-state index contributed by atoms with van der Waals surface area (Å²) < 4.78 is 5.61. The molecule has 0 bridgehead atoms. The normalized spacial score (nSPS) is 10.7. The second-order valence-corrected chi connectivity index (χ2v) is 5.42. The SMILES string of the molecule is CN(C)C(=O)c1ccc(-c2ccc3c(C=O)c(O)ccc3c2)o1. The van der Waals surface area contributed by atoms with Gasteiger partial charge in [-0.1, -0.05) is 18.2 Å². The molecule has 0 spiro atoms. The van der Waals surface area contributed by atoms with Gasteiger partial charge in [0.2, 0.25) is 0 Å². The van der Waals surface area contributed by atoms with Gasteiger partial charge in [-0.3, -0.25) is 9.59 Å². The molecule has 0 aliphatic heterocycles. The molecule has 0 radical (unpaired) electrons. The Bertz CT molecular complexity index is 909. The zero-order chi connectivity index (χ0) is 16.6. The molecule has 0 aliphatic carbocycles. The van der Waals surface area contributed by atoms with E-state index in [1.165, 1.54) is 11.0 Å². The van der Waals surface area contributed by atoms with E-state index in [0.29, 0.717) is 17.4 Å². The topological polar surface area (TPSA) is 70.8 Å². The van der Waals surface area contributed by atoms with Gasteiger partial charge in [-0.15, -0.1) is 0 Å². The Morgan fingerprint density at radius 1 is 1.13 bits per heavy atom. The number of phenolic OH excluding ortho intramolecular Hbond substituents is 1. The van der Waals surface area contributed by atoms with Gasteiger partial charge >= 0.3 is 0 Å². The Kier molecular flexibility index (Phi) is 3.62. The van der Waals surface area contributed by atoms with Gasteiger partial charge in [0.05, 0.1) is 5.56 Å². The summed E-state index contributed by atoms with van der Waals surface area (Å²) in [7, 11) is 3.32. The summed E-state index contributed by atoms with van der Waals surface area (Å²) in [5, 5.41) is 11.2. The summed E-state index contributed by atoms with van der Waals surface area (Å²) in [6.45, 7) is 0. The standard InChI is InChI=1S/C18H15NO4/c1-19(2)18(22)17-8-7-16(23-17)12-3-5-13-11(9-12)4-6-15(21)14(13)10-20/h3-10,21H,1-2H3. The fraction of sp³-hybridized carbons (Fsp3) is 0.111. The number of furan rings is 1. The zero-order valence-electron chi connectivity index (χ0n) is 12.7. The van der Waals surface area contributed by atoms with Crippen LogP contribution in [0.5, 0.6) is 5.75 Å². The first-order chi connectivity index (χ1) is 11.0. The second-order valence-electron chi connectivity index (χ2n) is 5.42. The van der Waals surface area contributed by atoms with Gasteiger partial charge in [0.15, 0.2) is 12.0 Å². The molecule has 3 rings (SSSR count). The van der Waals surface area contributed by atoms with E-state index in [0.717, 1.165) is 10.9 Å². The van der Waals surface area contributed by atoms with E-state index in [4.69, 9.17) is 4.42 Å². The van der Waals surface area contributed by atoms with Gasteiger partial charge in [-0.05, 0) is 35.0 Å². The lowest BCUT2D eigenvalue weighted by Crippen LogP contribution is -2.20. The molecule has 5 nitrogen and oxygen atoms in total. The van der Waals surface area contributed by atoms with Gasteiger partial charge in [-0.2, -0.15) is 0 Å². The predicted octanol–water partition coefficient (Wildman–Crippen LogP) is 3.32. The molecule has 0 aliphatic rings. The summed E-state index contributed by atoms with van der Waals surface area (Å²) in [5.41, 5.74) is 1.05. The Labute approximate surface area is 132 Å². The zero-order valence-corrected chi connectivity index (χ0v) is 12.7. The van der Waals surface area contributed by atoms with Crippen molar-refractivity contribution in [3.05, 3.63) is 53.8 Å². The summed E-state index contributed by atoms with van der Waals surface area (Å²) in [4.78, 5) is 24.5. The number of carbonyl (C=O) groups excluding carboxylic acids is 2. The molecule has 1 amide bonds. The van der Waals surface area contributed by atoms with Crippen molar-refractivity contribution in [3.63, 3.8) is 0 Å². The third kappa shape index (κ3) is 2.57. The van der Waals surface area contributed by atoms with Crippen molar-refractivity contribution < 1.29 is 19.1 Å².